The average Bonchev–Trinajstić information content (AvgIpc) is 2.32. The molecule has 1 N–H and O–H groups in total. The van der Waals surface area contributed by atoms with Gasteiger partial charge in [-0.25, -0.2) is 0 Å². The second-order valence-electron chi connectivity index (χ2n) is 3.62. The standard InChI is InChI=1S/C8H10Cl2O2.ClH/c1-8(2)4(3-5(9)10)6(8)7(11)12;/h3-4,6H,1-2H3,(H,11,12);1H/t4-,6-;/m0./s1. The van der Waals surface area contributed by atoms with Gasteiger partial charge in [0.2, 0.25) is 0 Å². The second kappa shape index (κ2) is 4.07. The molecule has 1 aliphatic carbocycles. The summed E-state index contributed by atoms with van der Waals surface area (Å²) in [5.41, 5.74) is -0.207. The van der Waals surface area contributed by atoms with Crippen molar-refractivity contribution in [2.75, 3.05) is 0 Å². The Labute approximate surface area is 93.3 Å². The Bertz CT molecular complexity index is 244. The highest BCUT2D eigenvalue weighted by Gasteiger charge is 2.60. The third-order valence-corrected chi connectivity index (χ3v) is 2.73. The molecule has 0 heterocycles. The predicted octanol–water partition coefficient (Wildman–Crippen LogP) is 3.08. The first-order chi connectivity index (χ1) is 5.37. The van der Waals surface area contributed by atoms with Crippen molar-refractivity contribution in [3.8, 4) is 0 Å². The first kappa shape index (κ1) is 13.1. The summed E-state index contributed by atoms with van der Waals surface area (Å²) >= 11 is 10.9. The van der Waals surface area contributed by atoms with Gasteiger partial charge in [0.05, 0.1) is 5.92 Å². The molecule has 5 heteroatoms. The van der Waals surface area contributed by atoms with E-state index < -0.39 is 5.97 Å². The van der Waals surface area contributed by atoms with Crippen molar-refractivity contribution in [3.63, 3.8) is 0 Å². The molecule has 0 unspecified atom stereocenters. The van der Waals surface area contributed by atoms with Gasteiger partial charge in [0.1, 0.15) is 4.49 Å². The van der Waals surface area contributed by atoms with Gasteiger partial charge in [0, 0.05) is 0 Å². The minimum Gasteiger partial charge on any atom is -0.481 e. The third-order valence-electron chi connectivity index (χ3n) is 2.48. The molecule has 0 bridgehead atoms. The highest BCUT2D eigenvalue weighted by Crippen LogP contribution is 2.59. The average molecular weight is 246 g/mol. The molecular weight excluding hydrogens is 234 g/mol. The van der Waals surface area contributed by atoms with Crippen molar-refractivity contribution in [2.24, 2.45) is 17.3 Å². The summed E-state index contributed by atoms with van der Waals surface area (Å²) in [5, 5.41) is 8.76. The number of hydrogen-bond acceptors (Lipinski definition) is 1. The minimum atomic E-state index is -0.782. The largest absolute Gasteiger partial charge is 0.481 e. The van der Waals surface area contributed by atoms with Gasteiger partial charge >= 0.3 is 5.97 Å². The molecule has 0 saturated heterocycles. The first-order valence-corrected chi connectivity index (χ1v) is 4.38. The van der Waals surface area contributed by atoms with Crippen LogP contribution in [-0.4, -0.2) is 11.1 Å². The van der Waals surface area contributed by atoms with E-state index in [-0.39, 0.29) is 34.1 Å². The van der Waals surface area contributed by atoms with Gasteiger partial charge in [-0.3, -0.25) is 4.79 Å². The summed E-state index contributed by atoms with van der Waals surface area (Å²) in [5.74, 6) is -1.15. The van der Waals surface area contributed by atoms with Gasteiger partial charge in [-0.1, -0.05) is 37.0 Å². The lowest BCUT2D eigenvalue weighted by Crippen LogP contribution is -2.02. The van der Waals surface area contributed by atoms with Crippen molar-refractivity contribution in [2.45, 2.75) is 13.8 Å². The van der Waals surface area contributed by atoms with Crippen LogP contribution in [-0.2, 0) is 4.79 Å². The Hall–Kier alpha value is 0.0800. The van der Waals surface area contributed by atoms with Crippen LogP contribution in [0.15, 0.2) is 10.6 Å². The Morgan fingerprint density at radius 1 is 1.46 bits per heavy atom. The fourth-order valence-corrected chi connectivity index (χ4v) is 1.87. The Kier molecular flexibility index (Phi) is 4.10. The molecule has 1 aliphatic rings. The maximum atomic E-state index is 10.7. The Balaban J connectivity index is 0.00000144. The summed E-state index contributed by atoms with van der Waals surface area (Å²) in [6.07, 6.45) is 1.60. The topological polar surface area (TPSA) is 37.3 Å². The molecule has 0 aromatic rings. The molecule has 0 aliphatic heterocycles. The first-order valence-electron chi connectivity index (χ1n) is 3.63. The van der Waals surface area contributed by atoms with E-state index in [0.717, 1.165) is 0 Å². The van der Waals surface area contributed by atoms with Crippen LogP contribution in [0.25, 0.3) is 0 Å². The van der Waals surface area contributed by atoms with E-state index in [2.05, 4.69) is 0 Å². The smallest absolute Gasteiger partial charge is 0.307 e. The normalized spacial score (nSPS) is 28.6. The summed E-state index contributed by atoms with van der Waals surface area (Å²) in [6.45, 7) is 3.79. The zero-order chi connectivity index (χ0) is 9.52. The number of carbonyl (C=O) groups is 1. The van der Waals surface area contributed by atoms with Crippen molar-refractivity contribution >= 4 is 41.6 Å². The SMILES string of the molecule is CC1(C)[C@H](C(=O)O)[C@@H]1C=C(Cl)Cl.Cl. The van der Waals surface area contributed by atoms with E-state index in [1.54, 1.807) is 6.08 Å². The number of halogens is 3. The van der Waals surface area contributed by atoms with Crippen molar-refractivity contribution in [1.29, 1.82) is 0 Å². The molecular formula is C8H11Cl3O2. The van der Waals surface area contributed by atoms with Crippen molar-refractivity contribution < 1.29 is 9.90 Å². The quantitative estimate of drug-likeness (QED) is 0.812. The molecule has 0 spiro atoms. The van der Waals surface area contributed by atoms with Gasteiger partial charge in [-0.05, 0) is 17.4 Å². The zero-order valence-corrected chi connectivity index (χ0v) is 9.58. The number of carboxylic acids is 1. The maximum absolute atomic E-state index is 10.7. The Morgan fingerprint density at radius 2 is 1.92 bits per heavy atom. The number of hydrogen-bond donors (Lipinski definition) is 1. The van der Waals surface area contributed by atoms with E-state index >= 15 is 0 Å². The summed E-state index contributed by atoms with van der Waals surface area (Å²) < 4.78 is 0.150. The maximum Gasteiger partial charge on any atom is 0.307 e. The van der Waals surface area contributed by atoms with E-state index in [1.807, 2.05) is 13.8 Å². The van der Waals surface area contributed by atoms with Gasteiger partial charge in [0.15, 0.2) is 0 Å². The van der Waals surface area contributed by atoms with Crippen LogP contribution in [0.4, 0.5) is 0 Å². The van der Waals surface area contributed by atoms with Crippen LogP contribution in [0, 0.1) is 17.3 Å². The van der Waals surface area contributed by atoms with Crippen LogP contribution < -0.4 is 0 Å². The molecule has 1 rings (SSSR count). The number of carboxylic acid groups (broad SMARTS) is 1. The molecule has 0 aromatic heterocycles. The second-order valence-corrected chi connectivity index (χ2v) is 4.63. The fraction of sp³-hybridized carbons (Fsp3) is 0.625. The van der Waals surface area contributed by atoms with E-state index in [0.29, 0.717) is 0 Å². The summed E-state index contributed by atoms with van der Waals surface area (Å²) in [7, 11) is 0. The van der Waals surface area contributed by atoms with Gasteiger partial charge in [-0.15, -0.1) is 12.4 Å². The molecule has 0 aromatic carbocycles. The van der Waals surface area contributed by atoms with Crippen LogP contribution in [0.3, 0.4) is 0 Å². The number of aliphatic carboxylic acids is 1. The third kappa shape index (κ3) is 2.52. The Morgan fingerprint density at radius 3 is 2.15 bits per heavy atom. The van der Waals surface area contributed by atoms with Gasteiger partial charge < -0.3 is 5.11 Å². The highest BCUT2D eigenvalue weighted by atomic mass is 35.5. The fourth-order valence-electron chi connectivity index (χ4n) is 1.60. The monoisotopic (exact) mass is 244 g/mol. The molecule has 13 heavy (non-hydrogen) atoms. The van der Waals surface area contributed by atoms with Crippen LogP contribution in [0.5, 0.6) is 0 Å². The minimum absolute atomic E-state index is 0. The lowest BCUT2D eigenvalue weighted by Gasteiger charge is -1.96. The molecule has 76 valence electrons. The molecule has 2 nitrogen and oxygen atoms in total. The molecule has 0 radical (unpaired) electrons. The predicted molar refractivity (Wildman–Crippen MR) is 55.4 cm³/mol. The van der Waals surface area contributed by atoms with Crippen molar-refractivity contribution in [1.82, 2.24) is 0 Å². The number of rotatable bonds is 2. The van der Waals surface area contributed by atoms with E-state index in [1.165, 1.54) is 0 Å². The zero-order valence-electron chi connectivity index (χ0n) is 7.25. The van der Waals surface area contributed by atoms with Crippen LogP contribution in [0.1, 0.15) is 13.8 Å². The molecule has 2 atom stereocenters. The number of allylic oxidation sites excluding steroid dienone is 1. The van der Waals surface area contributed by atoms with Crippen LogP contribution in [0.2, 0.25) is 0 Å². The summed E-state index contributed by atoms with van der Waals surface area (Å²) in [4.78, 5) is 10.7. The van der Waals surface area contributed by atoms with Crippen LogP contribution >= 0.6 is 35.6 Å². The van der Waals surface area contributed by atoms with E-state index in [4.69, 9.17) is 28.3 Å². The van der Waals surface area contributed by atoms with Gasteiger partial charge in [0.25, 0.3) is 0 Å². The van der Waals surface area contributed by atoms with Crippen molar-refractivity contribution in [3.05, 3.63) is 10.6 Å². The lowest BCUT2D eigenvalue weighted by molar-refractivity contribution is -0.139. The van der Waals surface area contributed by atoms with Gasteiger partial charge in [-0.2, -0.15) is 0 Å². The molecule has 1 fully saturated rings. The summed E-state index contributed by atoms with van der Waals surface area (Å²) in [6, 6.07) is 0. The molecule has 0 amide bonds. The molecule has 1 saturated carbocycles. The lowest BCUT2D eigenvalue weighted by atomic mass is 10.1. The van der Waals surface area contributed by atoms with E-state index in [9.17, 15) is 4.79 Å². The highest BCUT2D eigenvalue weighted by molar-refractivity contribution is 6.55.